The van der Waals surface area contributed by atoms with Gasteiger partial charge in [-0.1, -0.05) is 91.0 Å². The van der Waals surface area contributed by atoms with Crippen molar-refractivity contribution < 1.29 is 9.47 Å². The van der Waals surface area contributed by atoms with Crippen molar-refractivity contribution in [3.63, 3.8) is 0 Å². The summed E-state index contributed by atoms with van der Waals surface area (Å²) in [4.78, 5) is 0. The SMILES string of the molecule is c1ccc(C2OC(c3ccccc3)C(c3ccccc3)O2)cc1. The van der Waals surface area contributed by atoms with Crippen LogP contribution in [-0.2, 0) is 9.47 Å². The zero-order valence-electron chi connectivity index (χ0n) is 12.7. The first kappa shape index (κ1) is 14.2. The van der Waals surface area contributed by atoms with Crippen molar-refractivity contribution in [1.82, 2.24) is 0 Å². The van der Waals surface area contributed by atoms with Gasteiger partial charge in [0.1, 0.15) is 12.2 Å². The van der Waals surface area contributed by atoms with Crippen molar-refractivity contribution >= 4 is 0 Å². The van der Waals surface area contributed by atoms with E-state index in [-0.39, 0.29) is 18.5 Å². The van der Waals surface area contributed by atoms with Crippen LogP contribution in [0.15, 0.2) is 91.0 Å². The van der Waals surface area contributed by atoms with E-state index in [0.717, 1.165) is 16.7 Å². The fraction of sp³-hybridized carbons (Fsp3) is 0.143. The van der Waals surface area contributed by atoms with Crippen molar-refractivity contribution in [2.24, 2.45) is 0 Å². The Balaban J connectivity index is 1.70. The molecule has 2 unspecified atom stereocenters. The average Bonchev–Trinajstić information content (AvgIpc) is 3.09. The zero-order valence-corrected chi connectivity index (χ0v) is 12.7. The van der Waals surface area contributed by atoms with E-state index in [4.69, 9.17) is 9.47 Å². The highest BCUT2D eigenvalue weighted by Gasteiger charge is 2.38. The van der Waals surface area contributed by atoms with Crippen LogP contribution in [0.5, 0.6) is 0 Å². The van der Waals surface area contributed by atoms with Crippen molar-refractivity contribution in [1.29, 1.82) is 0 Å². The van der Waals surface area contributed by atoms with E-state index >= 15 is 0 Å². The molecule has 0 saturated carbocycles. The molecule has 0 N–H and O–H groups in total. The van der Waals surface area contributed by atoms with Crippen LogP contribution in [-0.4, -0.2) is 0 Å². The van der Waals surface area contributed by atoms with Gasteiger partial charge in [0.05, 0.1) is 0 Å². The van der Waals surface area contributed by atoms with Crippen LogP contribution in [0.1, 0.15) is 35.2 Å². The molecule has 3 aromatic rings. The summed E-state index contributed by atoms with van der Waals surface area (Å²) in [5, 5.41) is 0. The third kappa shape index (κ3) is 2.91. The lowest BCUT2D eigenvalue weighted by Gasteiger charge is -2.17. The summed E-state index contributed by atoms with van der Waals surface area (Å²) >= 11 is 0. The summed E-state index contributed by atoms with van der Waals surface area (Å²) in [5.41, 5.74) is 3.33. The molecule has 1 saturated heterocycles. The van der Waals surface area contributed by atoms with Gasteiger partial charge in [0, 0.05) is 5.56 Å². The molecule has 0 aliphatic carbocycles. The Kier molecular flexibility index (Phi) is 3.93. The van der Waals surface area contributed by atoms with E-state index in [1.807, 2.05) is 66.7 Å². The van der Waals surface area contributed by atoms with Crippen molar-refractivity contribution in [2.45, 2.75) is 18.5 Å². The monoisotopic (exact) mass is 302 g/mol. The van der Waals surface area contributed by atoms with E-state index in [1.165, 1.54) is 0 Å². The molecule has 0 aromatic heterocycles. The first-order valence-corrected chi connectivity index (χ1v) is 7.87. The lowest BCUT2D eigenvalue weighted by Crippen LogP contribution is -2.06. The van der Waals surface area contributed by atoms with Crippen LogP contribution in [0.2, 0.25) is 0 Å². The van der Waals surface area contributed by atoms with Crippen LogP contribution >= 0.6 is 0 Å². The second-order valence-electron chi connectivity index (χ2n) is 5.68. The van der Waals surface area contributed by atoms with Gasteiger partial charge in [-0.3, -0.25) is 0 Å². The van der Waals surface area contributed by atoms with Gasteiger partial charge in [-0.2, -0.15) is 0 Å². The lowest BCUT2D eigenvalue weighted by molar-refractivity contribution is -0.0698. The lowest BCUT2D eigenvalue weighted by atomic mass is 9.99. The number of ether oxygens (including phenoxy) is 2. The molecule has 1 aliphatic rings. The predicted molar refractivity (Wildman–Crippen MR) is 89.7 cm³/mol. The van der Waals surface area contributed by atoms with Crippen LogP contribution in [0, 0.1) is 0 Å². The topological polar surface area (TPSA) is 18.5 Å². The molecular weight excluding hydrogens is 284 g/mol. The van der Waals surface area contributed by atoms with Crippen LogP contribution < -0.4 is 0 Å². The maximum Gasteiger partial charge on any atom is 0.185 e. The molecule has 1 fully saturated rings. The third-order valence-electron chi connectivity index (χ3n) is 4.14. The largest absolute Gasteiger partial charge is 0.337 e. The summed E-state index contributed by atoms with van der Waals surface area (Å²) in [6.45, 7) is 0. The number of rotatable bonds is 3. The van der Waals surface area contributed by atoms with E-state index in [1.54, 1.807) is 0 Å². The molecule has 2 nitrogen and oxygen atoms in total. The highest BCUT2D eigenvalue weighted by atomic mass is 16.7. The van der Waals surface area contributed by atoms with Gasteiger partial charge in [0.15, 0.2) is 6.29 Å². The Morgan fingerprint density at radius 2 is 0.783 bits per heavy atom. The first-order valence-electron chi connectivity index (χ1n) is 7.87. The smallest absolute Gasteiger partial charge is 0.185 e. The molecule has 0 bridgehead atoms. The van der Waals surface area contributed by atoms with Crippen molar-refractivity contribution in [2.75, 3.05) is 0 Å². The number of hydrogen-bond acceptors (Lipinski definition) is 2. The Hall–Kier alpha value is -2.42. The second-order valence-corrected chi connectivity index (χ2v) is 5.68. The summed E-state index contributed by atoms with van der Waals surface area (Å²) in [6, 6.07) is 30.7. The molecule has 23 heavy (non-hydrogen) atoms. The van der Waals surface area contributed by atoms with E-state index in [0.29, 0.717) is 0 Å². The molecule has 4 rings (SSSR count). The van der Waals surface area contributed by atoms with Gasteiger partial charge < -0.3 is 9.47 Å². The standard InChI is InChI=1S/C21H18O2/c1-4-10-16(11-5-1)19-20(17-12-6-2-7-13-17)23-21(22-19)18-14-8-3-9-15-18/h1-15,19-21H. The molecular formula is C21H18O2. The van der Waals surface area contributed by atoms with Gasteiger partial charge in [-0.25, -0.2) is 0 Å². The fourth-order valence-corrected chi connectivity index (χ4v) is 3.00. The van der Waals surface area contributed by atoms with Crippen LogP contribution in [0.3, 0.4) is 0 Å². The fourth-order valence-electron chi connectivity index (χ4n) is 3.00. The van der Waals surface area contributed by atoms with Gasteiger partial charge in [-0.15, -0.1) is 0 Å². The molecule has 2 atom stereocenters. The molecule has 3 aromatic carbocycles. The van der Waals surface area contributed by atoms with Crippen LogP contribution in [0.4, 0.5) is 0 Å². The maximum absolute atomic E-state index is 6.28. The van der Waals surface area contributed by atoms with E-state index < -0.39 is 0 Å². The molecule has 2 heteroatoms. The number of benzene rings is 3. The Morgan fingerprint density at radius 1 is 0.435 bits per heavy atom. The minimum atomic E-state index is -0.341. The average molecular weight is 302 g/mol. The second kappa shape index (κ2) is 6.37. The minimum absolute atomic E-state index is 0.108. The normalized spacial score (nSPS) is 23.7. The first-order chi connectivity index (χ1) is 11.4. The van der Waals surface area contributed by atoms with Gasteiger partial charge in [0.25, 0.3) is 0 Å². The maximum atomic E-state index is 6.28. The number of hydrogen-bond donors (Lipinski definition) is 0. The van der Waals surface area contributed by atoms with Crippen LogP contribution in [0.25, 0.3) is 0 Å². The molecule has 1 aliphatic heterocycles. The summed E-state index contributed by atoms with van der Waals surface area (Å²) < 4.78 is 12.6. The van der Waals surface area contributed by atoms with Gasteiger partial charge >= 0.3 is 0 Å². The Morgan fingerprint density at radius 3 is 1.17 bits per heavy atom. The molecule has 0 spiro atoms. The molecule has 1 heterocycles. The third-order valence-corrected chi connectivity index (χ3v) is 4.14. The molecule has 0 radical (unpaired) electrons. The highest BCUT2D eigenvalue weighted by Crippen LogP contribution is 2.47. The quantitative estimate of drug-likeness (QED) is 0.661. The predicted octanol–water partition coefficient (Wildman–Crippen LogP) is 5.21. The van der Waals surface area contributed by atoms with Crippen molar-refractivity contribution in [3.8, 4) is 0 Å². The van der Waals surface area contributed by atoms with E-state index in [2.05, 4.69) is 24.3 Å². The molecule has 114 valence electrons. The molecule has 0 amide bonds. The minimum Gasteiger partial charge on any atom is -0.337 e. The summed E-state index contributed by atoms with van der Waals surface area (Å²) in [7, 11) is 0. The van der Waals surface area contributed by atoms with Gasteiger partial charge in [-0.05, 0) is 11.1 Å². The summed E-state index contributed by atoms with van der Waals surface area (Å²) in [5.74, 6) is 0. The van der Waals surface area contributed by atoms with Crippen molar-refractivity contribution in [3.05, 3.63) is 108 Å². The Labute approximate surface area is 136 Å². The zero-order chi connectivity index (χ0) is 15.5. The highest BCUT2D eigenvalue weighted by molar-refractivity contribution is 5.27. The van der Waals surface area contributed by atoms with E-state index in [9.17, 15) is 0 Å². The van der Waals surface area contributed by atoms with Gasteiger partial charge in [0.2, 0.25) is 0 Å². The summed E-state index contributed by atoms with van der Waals surface area (Å²) in [6.07, 6.45) is -0.556. The Bertz CT molecular complexity index is 693.